The highest BCUT2D eigenvalue weighted by Crippen LogP contribution is 2.34. The molecule has 25 heavy (non-hydrogen) atoms. The van der Waals surface area contributed by atoms with Crippen molar-refractivity contribution < 1.29 is 9.90 Å². The first-order chi connectivity index (χ1) is 12.2. The molecule has 0 saturated heterocycles. The van der Waals surface area contributed by atoms with Crippen LogP contribution in [0.25, 0.3) is 0 Å². The summed E-state index contributed by atoms with van der Waals surface area (Å²) in [5, 5.41) is 9.46. The lowest BCUT2D eigenvalue weighted by atomic mass is 9.91. The number of benzene rings is 1. The average molecular weight is 365 g/mol. The fourth-order valence-corrected chi connectivity index (χ4v) is 4.44. The number of carboxylic acids is 1. The summed E-state index contributed by atoms with van der Waals surface area (Å²) < 4.78 is 0. The third kappa shape index (κ3) is 9.94. The zero-order chi connectivity index (χ0) is 18.3. The Kier molecular flexibility index (Phi) is 12.6. The van der Waals surface area contributed by atoms with Crippen molar-refractivity contribution >= 4 is 17.7 Å². The third-order valence-corrected chi connectivity index (χ3v) is 6.17. The van der Waals surface area contributed by atoms with Crippen LogP contribution in [0.5, 0.6) is 0 Å². The molecule has 142 valence electrons. The molecule has 0 fully saturated rings. The molecular formula is C22H36O2S. The number of carbonyl (C=O) groups is 1. The zero-order valence-corrected chi connectivity index (χ0v) is 16.9. The fraction of sp³-hybridized carbons (Fsp3) is 0.682. The van der Waals surface area contributed by atoms with Crippen molar-refractivity contribution in [1.82, 2.24) is 0 Å². The summed E-state index contributed by atoms with van der Waals surface area (Å²) >= 11 is 1.53. The van der Waals surface area contributed by atoms with Crippen molar-refractivity contribution in [3.8, 4) is 0 Å². The molecule has 0 bridgehead atoms. The molecule has 2 nitrogen and oxygen atoms in total. The lowest BCUT2D eigenvalue weighted by Crippen LogP contribution is -2.26. The molecule has 0 heterocycles. The molecular weight excluding hydrogens is 328 g/mol. The van der Waals surface area contributed by atoms with E-state index in [0.717, 1.165) is 30.6 Å². The van der Waals surface area contributed by atoms with Crippen LogP contribution in [-0.2, 0) is 4.79 Å². The largest absolute Gasteiger partial charge is 0.480 e. The number of hydrogen-bond donors (Lipinski definition) is 1. The molecule has 2 atom stereocenters. The molecule has 1 rings (SSSR count). The predicted molar refractivity (Wildman–Crippen MR) is 109 cm³/mol. The number of aliphatic carboxylic acids is 1. The summed E-state index contributed by atoms with van der Waals surface area (Å²) in [5.74, 6) is -0.379. The Morgan fingerprint density at radius 3 is 2.04 bits per heavy atom. The van der Waals surface area contributed by atoms with E-state index in [2.05, 4.69) is 13.8 Å². The van der Waals surface area contributed by atoms with Gasteiger partial charge >= 0.3 is 5.97 Å². The molecule has 3 heteroatoms. The molecule has 0 saturated carbocycles. The fourth-order valence-electron chi connectivity index (χ4n) is 3.27. The van der Waals surface area contributed by atoms with Crippen molar-refractivity contribution in [2.24, 2.45) is 5.92 Å². The van der Waals surface area contributed by atoms with Gasteiger partial charge in [-0.2, -0.15) is 0 Å². The zero-order valence-electron chi connectivity index (χ0n) is 16.1. The maximum atomic E-state index is 11.9. The molecule has 0 amide bonds. The summed E-state index contributed by atoms with van der Waals surface area (Å²) in [6, 6.07) is 9.99. The van der Waals surface area contributed by atoms with E-state index in [1.54, 1.807) is 0 Å². The van der Waals surface area contributed by atoms with Gasteiger partial charge in [-0.1, -0.05) is 89.8 Å². The minimum atomic E-state index is -0.655. The van der Waals surface area contributed by atoms with Gasteiger partial charge in [0.15, 0.2) is 0 Å². The van der Waals surface area contributed by atoms with Crippen molar-refractivity contribution in [3.05, 3.63) is 30.3 Å². The molecule has 0 aliphatic rings. The highest BCUT2D eigenvalue weighted by atomic mass is 32.2. The quantitative estimate of drug-likeness (QED) is 0.264. The Morgan fingerprint density at radius 1 is 0.880 bits per heavy atom. The second-order valence-corrected chi connectivity index (χ2v) is 8.22. The van der Waals surface area contributed by atoms with Crippen LogP contribution >= 0.6 is 11.8 Å². The van der Waals surface area contributed by atoms with Crippen LogP contribution in [0, 0.1) is 5.92 Å². The molecule has 2 unspecified atom stereocenters. The van der Waals surface area contributed by atoms with Crippen molar-refractivity contribution in [1.29, 1.82) is 0 Å². The molecule has 1 aromatic rings. The molecule has 0 aliphatic carbocycles. The van der Waals surface area contributed by atoms with Gasteiger partial charge < -0.3 is 5.11 Å². The van der Waals surface area contributed by atoms with Crippen LogP contribution in [0.4, 0.5) is 0 Å². The van der Waals surface area contributed by atoms with E-state index < -0.39 is 5.97 Å². The van der Waals surface area contributed by atoms with E-state index in [-0.39, 0.29) is 11.2 Å². The molecule has 0 aromatic heterocycles. The van der Waals surface area contributed by atoms with E-state index in [1.165, 1.54) is 56.7 Å². The smallest absolute Gasteiger partial charge is 0.317 e. The normalized spacial score (nSPS) is 13.5. The maximum Gasteiger partial charge on any atom is 0.317 e. The van der Waals surface area contributed by atoms with Gasteiger partial charge in [-0.3, -0.25) is 4.79 Å². The van der Waals surface area contributed by atoms with Crippen LogP contribution in [0.2, 0.25) is 0 Å². The van der Waals surface area contributed by atoms with Gasteiger partial charge in [0.05, 0.1) is 0 Å². The van der Waals surface area contributed by atoms with Gasteiger partial charge in [-0.15, -0.1) is 11.8 Å². The monoisotopic (exact) mass is 364 g/mol. The van der Waals surface area contributed by atoms with E-state index in [9.17, 15) is 9.90 Å². The van der Waals surface area contributed by atoms with Crippen molar-refractivity contribution in [2.75, 3.05) is 0 Å². The van der Waals surface area contributed by atoms with Gasteiger partial charge in [0.25, 0.3) is 0 Å². The highest BCUT2D eigenvalue weighted by Gasteiger charge is 2.28. The van der Waals surface area contributed by atoms with Crippen LogP contribution in [0.3, 0.4) is 0 Å². The van der Waals surface area contributed by atoms with Gasteiger partial charge in [-0.05, 0) is 30.9 Å². The number of carboxylic acid groups (broad SMARTS) is 1. The van der Waals surface area contributed by atoms with Gasteiger partial charge in [0, 0.05) is 4.90 Å². The van der Waals surface area contributed by atoms with E-state index in [1.807, 2.05) is 30.3 Å². The van der Waals surface area contributed by atoms with Crippen LogP contribution in [0.15, 0.2) is 35.2 Å². The highest BCUT2D eigenvalue weighted by molar-refractivity contribution is 8.00. The Labute approximate surface area is 158 Å². The van der Waals surface area contributed by atoms with Crippen molar-refractivity contribution in [2.45, 2.75) is 94.6 Å². The molecule has 0 spiro atoms. The summed E-state index contributed by atoms with van der Waals surface area (Å²) in [6.07, 6.45) is 13.3. The van der Waals surface area contributed by atoms with E-state index in [4.69, 9.17) is 0 Å². The first-order valence-electron chi connectivity index (χ1n) is 10.1. The number of unbranched alkanes of at least 4 members (excludes halogenated alkanes) is 7. The molecule has 0 aliphatic heterocycles. The summed E-state index contributed by atoms with van der Waals surface area (Å²) in [5.41, 5.74) is 0. The topological polar surface area (TPSA) is 37.3 Å². The standard InChI is InChI=1S/C22H36O2S/c1-3-5-7-8-9-10-12-16-19(15-6-4-2)21(22(23)24)25-20-17-13-11-14-18-20/h11,13-14,17-19,21H,3-10,12,15-16H2,1-2H3,(H,23,24). The predicted octanol–water partition coefficient (Wildman–Crippen LogP) is 7.18. The van der Waals surface area contributed by atoms with Crippen LogP contribution in [0.1, 0.15) is 84.5 Å². The Balaban J connectivity index is 2.52. The van der Waals surface area contributed by atoms with Gasteiger partial charge in [0.2, 0.25) is 0 Å². The summed E-state index contributed by atoms with van der Waals surface area (Å²) in [6.45, 7) is 4.43. The molecule has 1 aromatic carbocycles. The maximum absolute atomic E-state index is 11.9. The summed E-state index contributed by atoms with van der Waals surface area (Å²) in [4.78, 5) is 13.0. The second-order valence-electron chi connectivity index (χ2n) is 7.00. The minimum absolute atomic E-state index is 0.276. The van der Waals surface area contributed by atoms with E-state index in [0.29, 0.717) is 0 Å². The lowest BCUT2D eigenvalue weighted by Gasteiger charge is -2.23. The minimum Gasteiger partial charge on any atom is -0.480 e. The first kappa shape index (κ1) is 22.1. The SMILES string of the molecule is CCCCCCCCCC(CCCC)C(Sc1ccccc1)C(=O)O. The van der Waals surface area contributed by atoms with Gasteiger partial charge in [-0.25, -0.2) is 0 Å². The Hall–Kier alpha value is -0.960. The molecule has 1 N–H and O–H groups in total. The Bertz CT molecular complexity index is 447. The third-order valence-electron chi connectivity index (χ3n) is 4.78. The first-order valence-corrected chi connectivity index (χ1v) is 11.0. The number of thioether (sulfide) groups is 1. The molecule has 0 radical (unpaired) electrons. The van der Waals surface area contributed by atoms with Crippen LogP contribution < -0.4 is 0 Å². The van der Waals surface area contributed by atoms with Crippen LogP contribution in [-0.4, -0.2) is 16.3 Å². The van der Waals surface area contributed by atoms with Gasteiger partial charge in [0.1, 0.15) is 5.25 Å². The lowest BCUT2D eigenvalue weighted by molar-refractivity contribution is -0.137. The average Bonchev–Trinajstić information content (AvgIpc) is 2.62. The number of hydrogen-bond acceptors (Lipinski definition) is 2. The number of rotatable bonds is 15. The summed E-state index contributed by atoms with van der Waals surface area (Å²) in [7, 11) is 0. The second kappa shape index (κ2) is 14.2. The Morgan fingerprint density at radius 2 is 1.44 bits per heavy atom. The van der Waals surface area contributed by atoms with Crippen molar-refractivity contribution in [3.63, 3.8) is 0 Å². The van der Waals surface area contributed by atoms with E-state index >= 15 is 0 Å².